The molecule has 0 radical (unpaired) electrons. The highest BCUT2D eigenvalue weighted by Gasteiger charge is 2.23. The van der Waals surface area contributed by atoms with Crippen molar-refractivity contribution < 1.29 is 0 Å². The second-order valence-electron chi connectivity index (χ2n) is 6.24. The van der Waals surface area contributed by atoms with E-state index in [2.05, 4.69) is 15.5 Å². The number of hydrogen-bond donors (Lipinski definition) is 4. The molecule has 0 amide bonds. The van der Waals surface area contributed by atoms with Crippen LogP contribution in [0.3, 0.4) is 0 Å². The minimum atomic E-state index is 0.428. The van der Waals surface area contributed by atoms with E-state index in [1.54, 1.807) is 6.92 Å². The quantitative estimate of drug-likeness (QED) is 0.544. The molecule has 3 heterocycles. The summed E-state index contributed by atoms with van der Waals surface area (Å²) < 4.78 is 0. The number of pyridine rings is 1. The van der Waals surface area contributed by atoms with E-state index in [1.807, 2.05) is 19.1 Å². The fourth-order valence-corrected chi connectivity index (χ4v) is 3.64. The first-order valence-electron chi connectivity index (χ1n) is 8.09. The Morgan fingerprint density at radius 2 is 2.12 bits per heavy atom. The van der Waals surface area contributed by atoms with Crippen LogP contribution < -0.4 is 11.1 Å². The standard InChI is InChI=1S/C18H20N6/c1-9(20)12(7-19)18-13-8-21-6-5-11(13)17-14(22-18)3-4-15-16(17)10(2)23-24-15/h3-4,7,20-21H,5-6,8,19H2,1-2H3,(H,23,24)/b12-7+,20-9?. The van der Waals surface area contributed by atoms with Crippen LogP contribution >= 0.6 is 0 Å². The Labute approximate surface area is 139 Å². The molecule has 5 N–H and O–H groups in total. The van der Waals surface area contributed by atoms with E-state index in [9.17, 15) is 0 Å². The highest BCUT2D eigenvalue weighted by Crippen LogP contribution is 2.35. The van der Waals surface area contributed by atoms with Crippen LogP contribution in [0.25, 0.3) is 27.4 Å². The number of aryl methyl sites for hydroxylation is 1. The molecular weight excluding hydrogens is 300 g/mol. The van der Waals surface area contributed by atoms with Gasteiger partial charge in [0.15, 0.2) is 0 Å². The van der Waals surface area contributed by atoms with Crippen molar-refractivity contribution in [1.29, 1.82) is 5.41 Å². The number of fused-ring (bicyclic) bond motifs is 5. The van der Waals surface area contributed by atoms with E-state index in [0.717, 1.165) is 52.9 Å². The fraction of sp³-hybridized carbons (Fsp3) is 0.278. The first kappa shape index (κ1) is 14.8. The number of H-pyrrole nitrogens is 1. The van der Waals surface area contributed by atoms with Gasteiger partial charge in [-0.15, -0.1) is 0 Å². The van der Waals surface area contributed by atoms with E-state index in [0.29, 0.717) is 11.3 Å². The van der Waals surface area contributed by atoms with Crippen molar-refractivity contribution in [3.05, 3.63) is 40.8 Å². The Bertz CT molecular complexity index is 1010. The Morgan fingerprint density at radius 3 is 2.88 bits per heavy atom. The number of nitrogens with one attached hydrogen (secondary N) is 3. The predicted octanol–water partition coefficient (Wildman–Crippen LogP) is 2.40. The smallest absolute Gasteiger partial charge is 0.0789 e. The van der Waals surface area contributed by atoms with Crippen LogP contribution in [-0.4, -0.2) is 27.4 Å². The summed E-state index contributed by atoms with van der Waals surface area (Å²) in [5.41, 5.74) is 13.1. The van der Waals surface area contributed by atoms with Crippen molar-refractivity contribution >= 4 is 33.1 Å². The van der Waals surface area contributed by atoms with Crippen molar-refractivity contribution in [2.24, 2.45) is 5.73 Å². The average molecular weight is 320 g/mol. The monoisotopic (exact) mass is 320 g/mol. The summed E-state index contributed by atoms with van der Waals surface area (Å²) in [4.78, 5) is 4.88. The van der Waals surface area contributed by atoms with E-state index >= 15 is 0 Å². The fourth-order valence-electron chi connectivity index (χ4n) is 3.64. The van der Waals surface area contributed by atoms with Gasteiger partial charge in [-0.1, -0.05) is 0 Å². The summed E-state index contributed by atoms with van der Waals surface area (Å²) in [6.07, 6.45) is 2.42. The van der Waals surface area contributed by atoms with Gasteiger partial charge in [0.05, 0.1) is 22.4 Å². The molecule has 0 saturated carbocycles. The molecule has 0 bridgehead atoms. The molecule has 24 heavy (non-hydrogen) atoms. The van der Waals surface area contributed by atoms with Gasteiger partial charge < -0.3 is 16.5 Å². The molecule has 6 heteroatoms. The average Bonchev–Trinajstić information content (AvgIpc) is 2.96. The lowest BCUT2D eigenvalue weighted by Gasteiger charge is -2.23. The van der Waals surface area contributed by atoms with Crippen molar-refractivity contribution in [2.75, 3.05) is 6.54 Å². The van der Waals surface area contributed by atoms with Crippen molar-refractivity contribution in [2.45, 2.75) is 26.8 Å². The summed E-state index contributed by atoms with van der Waals surface area (Å²) in [6, 6.07) is 4.04. The Kier molecular flexibility index (Phi) is 3.35. The maximum atomic E-state index is 8.03. The van der Waals surface area contributed by atoms with E-state index in [-0.39, 0.29) is 0 Å². The summed E-state index contributed by atoms with van der Waals surface area (Å²) >= 11 is 0. The molecule has 0 atom stereocenters. The van der Waals surface area contributed by atoms with Crippen molar-refractivity contribution in [3.63, 3.8) is 0 Å². The van der Waals surface area contributed by atoms with Crippen molar-refractivity contribution in [3.8, 4) is 0 Å². The second-order valence-corrected chi connectivity index (χ2v) is 6.24. The maximum Gasteiger partial charge on any atom is 0.0789 e. The van der Waals surface area contributed by atoms with Gasteiger partial charge in [0.25, 0.3) is 0 Å². The summed E-state index contributed by atoms with van der Waals surface area (Å²) in [5, 5.41) is 21.2. The molecular formula is C18H20N6. The first-order valence-corrected chi connectivity index (χ1v) is 8.09. The Balaban J connectivity index is 2.16. The van der Waals surface area contributed by atoms with Crippen LogP contribution in [0.2, 0.25) is 0 Å². The third-order valence-electron chi connectivity index (χ3n) is 4.75. The number of aromatic amines is 1. The zero-order valence-electron chi connectivity index (χ0n) is 13.8. The van der Waals surface area contributed by atoms with Crippen LogP contribution in [0.15, 0.2) is 18.3 Å². The molecule has 3 aromatic rings. The maximum absolute atomic E-state index is 8.03. The first-order chi connectivity index (χ1) is 11.6. The van der Waals surface area contributed by atoms with E-state index < -0.39 is 0 Å². The largest absolute Gasteiger partial charge is 0.404 e. The van der Waals surface area contributed by atoms with Crippen LogP contribution in [0.4, 0.5) is 0 Å². The summed E-state index contributed by atoms with van der Waals surface area (Å²) in [7, 11) is 0. The second kappa shape index (κ2) is 5.42. The SMILES string of the molecule is CC(=N)/C(=C\N)c1nc2ccc3[nH]nc(C)c3c2c2c1CNCC2. The third kappa shape index (κ3) is 2.03. The zero-order chi connectivity index (χ0) is 16.8. The van der Waals surface area contributed by atoms with Crippen LogP contribution in [0, 0.1) is 12.3 Å². The van der Waals surface area contributed by atoms with Gasteiger partial charge in [-0.05, 0) is 50.1 Å². The normalized spacial score (nSPS) is 15.0. The molecule has 1 aliphatic heterocycles. The van der Waals surface area contributed by atoms with E-state index in [4.69, 9.17) is 16.1 Å². The van der Waals surface area contributed by atoms with Gasteiger partial charge in [0.1, 0.15) is 0 Å². The van der Waals surface area contributed by atoms with Gasteiger partial charge in [0.2, 0.25) is 0 Å². The number of benzene rings is 1. The molecule has 1 aliphatic rings. The third-order valence-corrected chi connectivity index (χ3v) is 4.75. The van der Waals surface area contributed by atoms with Gasteiger partial charge in [0, 0.05) is 34.8 Å². The highest BCUT2D eigenvalue weighted by molar-refractivity contribution is 6.21. The molecule has 2 aromatic heterocycles. The van der Waals surface area contributed by atoms with Gasteiger partial charge in [-0.2, -0.15) is 5.10 Å². The van der Waals surface area contributed by atoms with Gasteiger partial charge >= 0.3 is 0 Å². The Hall–Kier alpha value is -2.73. The number of allylic oxidation sites excluding steroid dienone is 1. The number of nitrogens with zero attached hydrogens (tertiary/aromatic N) is 2. The molecule has 0 spiro atoms. The van der Waals surface area contributed by atoms with Crippen LogP contribution in [-0.2, 0) is 13.0 Å². The predicted molar refractivity (Wildman–Crippen MR) is 97.1 cm³/mol. The zero-order valence-corrected chi connectivity index (χ0v) is 13.8. The number of hydrogen-bond acceptors (Lipinski definition) is 5. The minimum Gasteiger partial charge on any atom is -0.404 e. The molecule has 1 aromatic carbocycles. The summed E-state index contributed by atoms with van der Waals surface area (Å²) in [5.74, 6) is 0. The topological polar surface area (TPSA) is 103 Å². The molecule has 0 unspecified atom stereocenters. The molecule has 0 fully saturated rings. The molecule has 4 rings (SSSR count). The van der Waals surface area contributed by atoms with E-state index in [1.165, 1.54) is 17.1 Å². The minimum absolute atomic E-state index is 0.428. The lowest BCUT2D eigenvalue weighted by atomic mass is 9.90. The summed E-state index contributed by atoms with van der Waals surface area (Å²) in [6.45, 7) is 5.44. The number of nitrogens with two attached hydrogens (primary N) is 1. The Morgan fingerprint density at radius 1 is 1.29 bits per heavy atom. The van der Waals surface area contributed by atoms with Gasteiger partial charge in [-0.25, -0.2) is 4.98 Å². The molecule has 122 valence electrons. The van der Waals surface area contributed by atoms with Crippen LogP contribution in [0.5, 0.6) is 0 Å². The lowest BCUT2D eigenvalue weighted by molar-refractivity contribution is 0.644. The molecule has 0 aliphatic carbocycles. The van der Waals surface area contributed by atoms with Crippen molar-refractivity contribution in [1.82, 2.24) is 20.5 Å². The van der Waals surface area contributed by atoms with Gasteiger partial charge in [-0.3, -0.25) is 5.10 Å². The number of aromatic nitrogens is 3. The molecule has 0 saturated heterocycles. The lowest BCUT2D eigenvalue weighted by Crippen LogP contribution is -2.26. The number of rotatable bonds is 2. The highest BCUT2D eigenvalue weighted by atomic mass is 15.1. The molecule has 6 nitrogen and oxygen atoms in total. The van der Waals surface area contributed by atoms with Crippen LogP contribution in [0.1, 0.15) is 29.4 Å².